The molecule has 0 radical (unpaired) electrons. The number of hydrogen-bond acceptors (Lipinski definition) is 9. The van der Waals surface area contributed by atoms with Crippen LogP contribution in [0.3, 0.4) is 0 Å². The molecule has 1 aliphatic heterocycles. The minimum Gasteiger partial charge on any atom is -0.394 e. The topological polar surface area (TPSA) is 215 Å². The molecule has 0 saturated carbocycles. The molecule has 1 fully saturated rings. The lowest BCUT2D eigenvalue weighted by molar-refractivity contribution is -0.270. The van der Waals surface area contributed by atoms with E-state index in [4.69, 9.17) is 15.0 Å². The molecule has 1 rings (SSSR count). The number of ether oxygens (including phenoxy) is 2. The Morgan fingerprint density at radius 3 is 2.50 bits per heavy atom. The summed E-state index contributed by atoms with van der Waals surface area (Å²) in [6.07, 6.45) is -5.07. The highest BCUT2D eigenvalue weighted by Gasteiger charge is 2.45. The smallest absolute Gasteiger partial charge is 0.244 e. The summed E-state index contributed by atoms with van der Waals surface area (Å²) in [6.45, 7) is 1.78. The monoisotopic (exact) mass is 432 g/mol. The Bertz CT molecular complexity index is 643. The van der Waals surface area contributed by atoms with E-state index in [-0.39, 0.29) is 19.7 Å². The Balaban J connectivity index is 2.79. The Hall–Kier alpha value is -2.48. The number of azide groups is 1. The van der Waals surface area contributed by atoms with E-state index in [1.54, 1.807) is 0 Å². The molecule has 6 atom stereocenters. The lowest BCUT2D eigenvalue weighted by Crippen LogP contribution is -2.65. The zero-order valence-electron chi connectivity index (χ0n) is 16.7. The summed E-state index contributed by atoms with van der Waals surface area (Å²) in [5.74, 6) is -1.60. The van der Waals surface area contributed by atoms with Gasteiger partial charge >= 0.3 is 0 Å². The van der Waals surface area contributed by atoms with E-state index >= 15 is 0 Å². The second kappa shape index (κ2) is 13.0. The molecule has 0 bridgehead atoms. The molecule has 0 unspecified atom stereocenters. The van der Waals surface area contributed by atoms with Crippen LogP contribution in [-0.2, 0) is 23.9 Å². The molecule has 1 heterocycles. The van der Waals surface area contributed by atoms with Crippen LogP contribution in [0.4, 0.5) is 0 Å². The Labute approximate surface area is 172 Å². The molecule has 0 spiro atoms. The molecule has 3 amide bonds. The lowest BCUT2D eigenvalue weighted by Gasteiger charge is -2.42. The van der Waals surface area contributed by atoms with Crippen LogP contribution in [0.1, 0.15) is 20.3 Å². The maximum absolute atomic E-state index is 12.3. The quantitative estimate of drug-likeness (QED) is 0.0869. The van der Waals surface area contributed by atoms with Gasteiger partial charge in [-0.1, -0.05) is 5.11 Å². The van der Waals surface area contributed by atoms with Crippen molar-refractivity contribution in [2.24, 2.45) is 5.11 Å². The van der Waals surface area contributed by atoms with E-state index in [1.807, 2.05) is 0 Å². The predicted octanol–water partition coefficient (Wildman–Crippen LogP) is -2.73. The van der Waals surface area contributed by atoms with Crippen LogP contribution >= 0.6 is 0 Å². The molecule has 0 aliphatic carbocycles. The first-order chi connectivity index (χ1) is 14.2. The number of nitrogens with zero attached hydrogens (tertiary/aromatic N) is 3. The van der Waals surface area contributed by atoms with Crippen molar-refractivity contribution in [3.63, 3.8) is 0 Å². The molecular weight excluding hydrogens is 404 g/mol. The highest BCUT2D eigenvalue weighted by atomic mass is 16.7. The van der Waals surface area contributed by atoms with Crippen LogP contribution in [0.25, 0.3) is 10.4 Å². The highest BCUT2D eigenvalue weighted by molar-refractivity contribution is 5.86. The predicted molar refractivity (Wildman–Crippen MR) is 101 cm³/mol. The van der Waals surface area contributed by atoms with Crippen molar-refractivity contribution in [3.8, 4) is 0 Å². The summed E-state index contributed by atoms with van der Waals surface area (Å²) >= 11 is 0. The molecule has 0 aromatic heterocycles. The van der Waals surface area contributed by atoms with Crippen molar-refractivity contribution >= 4 is 17.7 Å². The van der Waals surface area contributed by atoms with Crippen molar-refractivity contribution in [2.75, 3.05) is 26.3 Å². The van der Waals surface area contributed by atoms with Crippen LogP contribution in [0, 0.1) is 0 Å². The number of rotatable bonds is 11. The van der Waals surface area contributed by atoms with E-state index in [2.05, 4.69) is 26.0 Å². The van der Waals surface area contributed by atoms with Crippen LogP contribution in [-0.4, -0.2) is 96.0 Å². The average Bonchev–Trinajstić information content (AvgIpc) is 2.69. The Morgan fingerprint density at radius 1 is 1.23 bits per heavy atom. The maximum Gasteiger partial charge on any atom is 0.244 e. The molecule has 6 N–H and O–H groups in total. The van der Waals surface area contributed by atoms with Gasteiger partial charge in [0.1, 0.15) is 30.4 Å². The number of hydrogen-bond donors (Lipinski definition) is 6. The number of aliphatic hydroxyl groups excluding tert-OH is 3. The highest BCUT2D eigenvalue weighted by Crippen LogP contribution is 2.22. The molecular formula is C16H28N6O8. The van der Waals surface area contributed by atoms with Gasteiger partial charge < -0.3 is 40.7 Å². The summed E-state index contributed by atoms with van der Waals surface area (Å²) < 4.78 is 10.9. The number of carbonyl (C=O) groups excluding carboxylic acids is 3. The van der Waals surface area contributed by atoms with Crippen molar-refractivity contribution in [2.45, 2.75) is 57.0 Å². The summed E-state index contributed by atoms with van der Waals surface area (Å²) in [5.41, 5.74) is 8.22. The third kappa shape index (κ3) is 8.10. The van der Waals surface area contributed by atoms with Crippen molar-refractivity contribution in [3.05, 3.63) is 10.4 Å². The van der Waals surface area contributed by atoms with Crippen molar-refractivity contribution in [1.82, 2.24) is 16.0 Å². The lowest BCUT2D eigenvalue weighted by atomic mass is 9.97. The largest absolute Gasteiger partial charge is 0.394 e. The summed E-state index contributed by atoms with van der Waals surface area (Å²) in [4.78, 5) is 37.8. The van der Waals surface area contributed by atoms with Crippen molar-refractivity contribution < 1.29 is 39.2 Å². The van der Waals surface area contributed by atoms with Gasteiger partial charge in [0, 0.05) is 31.8 Å². The van der Waals surface area contributed by atoms with Gasteiger partial charge in [-0.3, -0.25) is 14.4 Å². The van der Waals surface area contributed by atoms with E-state index < -0.39 is 61.0 Å². The second-order valence-corrected chi connectivity index (χ2v) is 6.62. The Morgan fingerprint density at radius 2 is 1.93 bits per heavy atom. The van der Waals surface area contributed by atoms with Gasteiger partial charge in [0.2, 0.25) is 17.7 Å². The number of carbonyl (C=O) groups is 3. The van der Waals surface area contributed by atoms with E-state index in [9.17, 15) is 29.7 Å². The zero-order chi connectivity index (χ0) is 22.7. The first kappa shape index (κ1) is 25.6. The fourth-order valence-electron chi connectivity index (χ4n) is 2.76. The van der Waals surface area contributed by atoms with Crippen LogP contribution in [0.2, 0.25) is 0 Å². The van der Waals surface area contributed by atoms with Gasteiger partial charge in [-0.25, -0.2) is 0 Å². The fraction of sp³-hybridized carbons (Fsp3) is 0.812. The van der Waals surface area contributed by atoms with Gasteiger partial charge in [-0.2, -0.15) is 0 Å². The van der Waals surface area contributed by atoms with Crippen LogP contribution < -0.4 is 16.0 Å². The normalized spacial score (nSPS) is 26.8. The summed E-state index contributed by atoms with van der Waals surface area (Å²) in [7, 11) is 0. The molecule has 0 aromatic rings. The van der Waals surface area contributed by atoms with Crippen molar-refractivity contribution in [1.29, 1.82) is 0 Å². The minimum absolute atomic E-state index is 0.190. The van der Waals surface area contributed by atoms with E-state index in [1.165, 1.54) is 13.8 Å². The molecule has 14 heteroatoms. The number of nitrogens with one attached hydrogen (secondary N) is 3. The van der Waals surface area contributed by atoms with Gasteiger partial charge in [-0.15, -0.1) is 0 Å². The molecule has 170 valence electrons. The zero-order valence-corrected chi connectivity index (χ0v) is 16.7. The third-order valence-corrected chi connectivity index (χ3v) is 4.17. The number of aliphatic hydroxyl groups is 3. The minimum atomic E-state index is -1.50. The van der Waals surface area contributed by atoms with Gasteiger partial charge in [0.05, 0.1) is 13.2 Å². The standard InChI is InChI=1S/C16H28N6O8/c1-8(24)20-10(15(28)18-4-3-5-19-22-17)7-29-16-12(21-9(2)25)14(27)13(26)11(6-23)30-16/h10-14,16,23,26-27H,3-7H2,1-2H3,(H,18,28)(H,20,24)(H,21,25)/t10-,11+,12+,13-,14+,16-/m0/s1. The van der Waals surface area contributed by atoms with E-state index in [0.717, 1.165) is 0 Å². The van der Waals surface area contributed by atoms with Gasteiger partial charge in [0.25, 0.3) is 0 Å². The maximum atomic E-state index is 12.3. The summed E-state index contributed by atoms with van der Waals surface area (Å²) in [5, 5.41) is 40.3. The summed E-state index contributed by atoms with van der Waals surface area (Å²) in [6, 6.07) is -2.30. The van der Waals surface area contributed by atoms with Gasteiger partial charge in [0.15, 0.2) is 6.29 Å². The fourth-order valence-corrected chi connectivity index (χ4v) is 2.76. The molecule has 14 nitrogen and oxygen atoms in total. The Kier molecular flexibility index (Phi) is 11.0. The van der Waals surface area contributed by atoms with Crippen LogP contribution in [0.15, 0.2) is 5.11 Å². The van der Waals surface area contributed by atoms with Crippen LogP contribution in [0.5, 0.6) is 0 Å². The number of amides is 3. The third-order valence-electron chi connectivity index (χ3n) is 4.17. The molecule has 0 aromatic carbocycles. The molecule has 1 saturated heterocycles. The molecule has 1 aliphatic rings. The molecule has 30 heavy (non-hydrogen) atoms. The second-order valence-electron chi connectivity index (χ2n) is 6.62. The van der Waals surface area contributed by atoms with E-state index in [0.29, 0.717) is 6.42 Å². The SMILES string of the molecule is CC(=O)N[C@H]1[C@@H](OC[C@H](NC(C)=O)C(=O)NCCCN=[N+]=[N-])O[C@H](CO)[C@H](O)[C@@H]1O. The first-order valence-corrected chi connectivity index (χ1v) is 9.28. The van der Waals surface area contributed by atoms with Gasteiger partial charge in [-0.05, 0) is 12.0 Å². The first-order valence-electron chi connectivity index (χ1n) is 9.28. The average molecular weight is 432 g/mol.